The smallest absolute Gasteiger partial charge is 0.164 e. The van der Waals surface area contributed by atoms with Crippen LogP contribution in [0.25, 0.3) is 72.8 Å². The molecule has 0 N–H and O–H groups in total. The summed E-state index contributed by atoms with van der Waals surface area (Å²) in [6.07, 6.45) is 0. The van der Waals surface area contributed by atoms with E-state index in [-0.39, 0.29) is 5.41 Å². The van der Waals surface area contributed by atoms with Crippen molar-refractivity contribution in [2.24, 2.45) is 0 Å². The van der Waals surface area contributed by atoms with Crippen molar-refractivity contribution in [2.75, 3.05) is 0 Å². The molecule has 0 aliphatic heterocycles. The maximum Gasteiger partial charge on any atom is 0.164 e. The molecule has 8 aromatic rings. The molecule has 0 bridgehead atoms. The van der Waals surface area contributed by atoms with Gasteiger partial charge in [-0.1, -0.05) is 111 Å². The Morgan fingerprint density at radius 2 is 1.17 bits per heavy atom. The van der Waals surface area contributed by atoms with Gasteiger partial charge in [-0.2, -0.15) is 5.26 Å². The summed E-state index contributed by atoms with van der Waals surface area (Å²) in [6.45, 7) is 4.66. The Hall–Kier alpha value is -6.38. The van der Waals surface area contributed by atoms with Crippen LogP contribution >= 0.6 is 0 Å². The molecule has 9 rings (SSSR count). The Kier molecular flexibility index (Phi) is 6.15. The van der Waals surface area contributed by atoms with Crippen LogP contribution in [-0.4, -0.2) is 19.5 Å². The lowest BCUT2D eigenvalue weighted by Gasteiger charge is -2.21. The summed E-state index contributed by atoms with van der Waals surface area (Å²) in [4.78, 5) is 14.8. The third kappa shape index (κ3) is 4.27. The van der Waals surface area contributed by atoms with Crippen molar-refractivity contribution < 1.29 is 0 Å². The van der Waals surface area contributed by atoms with E-state index in [9.17, 15) is 5.26 Å². The number of benzene rings is 6. The van der Waals surface area contributed by atoms with Crippen LogP contribution in [-0.2, 0) is 5.41 Å². The molecule has 2 heterocycles. The van der Waals surface area contributed by atoms with E-state index in [0.717, 1.165) is 33.4 Å². The fraction of sp³-hybridized carbons (Fsp3) is 0.0698. The standard InChI is InChI=1S/C43H29N5/c1-43(2)36-20-8-6-18-32(36)34-25-39-35(24-37(34)43)33-19-7-9-21-38(33)48(39)31-17-11-16-30(23-31)42-46-40(28-13-4-3-5-14-28)45-41(47-42)29-15-10-12-27(22-29)26-44/h3-25H,1-2H3. The van der Waals surface area contributed by atoms with Gasteiger partial charge in [0.1, 0.15) is 0 Å². The molecule has 6 aromatic carbocycles. The first kappa shape index (κ1) is 27.9. The molecule has 48 heavy (non-hydrogen) atoms. The van der Waals surface area contributed by atoms with E-state index < -0.39 is 0 Å². The van der Waals surface area contributed by atoms with E-state index in [1.807, 2.05) is 54.6 Å². The molecule has 0 radical (unpaired) electrons. The number of hydrogen-bond acceptors (Lipinski definition) is 4. The van der Waals surface area contributed by atoms with Crippen LogP contribution in [0.15, 0.2) is 140 Å². The quantitative estimate of drug-likeness (QED) is 0.198. The lowest BCUT2D eigenvalue weighted by Crippen LogP contribution is -2.14. The largest absolute Gasteiger partial charge is 0.309 e. The fourth-order valence-electron chi connectivity index (χ4n) is 7.30. The van der Waals surface area contributed by atoms with Crippen LogP contribution in [0, 0.1) is 11.3 Å². The van der Waals surface area contributed by atoms with Crippen LogP contribution in [0.1, 0.15) is 30.5 Å². The van der Waals surface area contributed by atoms with Gasteiger partial charge in [-0.25, -0.2) is 15.0 Å². The Morgan fingerprint density at radius 1 is 0.521 bits per heavy atom. The molecule has 2 aromatic heterocycles. The second kappa shape index (κ2) is 10.6. The van der Waals surface area contributed by atoms with E-state index >= 15 is 0 Å². The van der Waals surface area contributed by atoms with Crippen molar-refractivity contribution in [3.05, 3.63) is 156 Å². The average Bonchev–Trinajstić information content (AvgIpc) is 3.59. The summed E-state index contributed by atoms with van der Waals surface area (Å²) >= 11 is 0. The zero-order chi connectivity index (χ0) is 32.4. The lowest BCUT2D eigenvalue weighted by molar-refractivity contribution is 0.661. The van der Waals surface area contributed by atoms with Gasteiger partial charge in [-0.3, -0.25) is 0 Å². The van der Waals surface area contributed by atoms with Crippen LogP contribution in [0.3, 0.4) is 0 Å². The molecule has 0 spiro atoms. The molecular formula is C43H29N5. The molecule has 0 atom stereocenters. The van der Waals surface area contributed by atoms with Gasteiger partial charge in [-0.15, -0.1) is 0 Å². The SMILES string of the molecule is CC1(C)c2ccccc2-c2cc3c(cc21)c1ccccc1n3-c1cccc(-c2nc(-c3ccccc3)nc(-c3cccc(C#N)c3)n2)c1. The van der Waals surface area contributed by atoms with Crippen molar-refractivity contribution in [3.63, 3.8) is 0 Å². The third-order valence-corrected chi connectivity index (χ3v) is 9.66. The second-order valence-corrected chi connectivity index (χ2v) is 12.9. The topological polar surface area (TPSA) is 67.4 Å². The normalized spacial score (nSPS) is 12.9. The molecule has 5 heteroatoms. The minimum atomic E-state index is -0.0805. The number of para-hydroxylation sites is 1. The molecule has 0 fully saturated rings. The number of nitrogens with zero attached hydrogens (tertiary/aromatic N) is 5. The van der Waals surface area contributed by atoms with Crippen molar-refractivity contribution in [2.45, 2.75) is 19.3 Å². The van der Waals surface area contributed by atoms with Crippen LogP contribution in [0.2, 0.25) is 0 Å². The van der Waals surface area contributed by atoms with Gasteiger partial charge < -0.3 is 4.57 Å². The first-order valence-electron chi connectivity index (χ1n) is 16.1. The zero-order valence-corrected chi connectivity index (χ0v) is 26.5. The summed E-state index contributed by atoms with van der Waals surface area (Å²) in [5.41, 5.74) is 11.7. The first-order chi connectivity index (χ1) is 23.5. The number of nitriles is 1. The fourth-order valence-corrected chi connectivity index (χ4v) is 7.30. The van der Waals surface area contributed by atoms with Crippen LogP contribution in [0.4, 0.5) is 0 Å². The minimum absolute atomic E-state index is 0.0805. The summed E-state index contributed by atoms with van der Waals surface area (Å²) in [7, 11) is 0. The van der Waals surface area contributed by atoms with Gasteiger partial charge >= 0.3 is 0 Å². The highest BCUT2D eigenvalue weighted by molar-refractivity contribution is 6.11. The Bertz CT molecular complexity index is 2610. The van der Waals surface area contributed by atoms with Crippen LogP contribution < -0.4 is 0 Å². The van der Waals surface area contributed by atoms with E-state index in [0.29, 0.717) is 23.0 Å². The maximum absolute atomic E-state index is 9.57. The van der Waals surface area contributed by atoms with Crippen molar-refractivity contribution in [3.8, 4) is 57.0 Å². The molecule has 226 valence electrons. The van der Waals surface area contributed by atoms with E-state index in [4.69, 9.17) is 15.0 Å². The van der Waals surface area contributed by atoms with Gasteiger partial charge in [0.2, 0.25) is 0 Å². The summed E-state index contributed by atoms with van der Waals surface area (Å²) in [6, 6.07) is 50.2. The maximum atomic E-state index is 9.57. The van der Waals surface area contributed by atoms with Gasteiger partial charge in [-0.05, 0) is 64.7 Å². The van der Waals surface area contributed by atoms with E-state index in [1.165, 1.54) is 33.0 Å². The van der Waals surface area contributed by atoms with Gasteiger partial charge in [0.05, 0.1) is 22.7 Å². The van der Waals surface area contributed by atoms with Gasteiger partial charge in [0.15, 0.2) is 17.5 Å². The average molecular weight is 616 g/mol. The summed E-state index contributed by atoms with van der Waals surface area (Å²) in [5, 5.41) is 12.0. The highest BCUT2D eigenvalue weighted by Crippen LogP contribution is 2.51. The van der Waals surface area contributed by atoms with Crippen molar-refractivity contribution in [1.82, 2.24) is 19.5 Å². The molecule has 1 aliphatic rings. The van der Waals surface area contributed by atoms with Gasteiger partial charge in [0.25, 0.3) is 0 Å². The Labute approximate surface area is 278 Å². The van der Waals surface area contributed by atoms with Crippen molar-refractivity contribution in [1.29, 1.82) is 5.26 Å². The molecular weight excluding hydrogens is 587 g/mol. The van der Waals surface area contributed by atoms with Gasteiger partial charge in [0, 0.05) is 38.6 Å². The Morgan fingerprint density at radius 3 is 1.96 bits per heavy atom. The minimum Gasteiger partial charge on any atom is -0.309 e. The molecule has 1 aliphatic carbocycles. The highest BCUT2D eigenvalue weighted by Gasteiger charge is 2.36. The predicted molar refractivity (Wildman–Crippen MR) is 193 cm³/mol. The van der Waals surface area contributed by atoms with E-state index in [1.54, 1.807) is 6.07 Å². The zero-order valence-electron chi connectivity index (χ0n) is 26.5. The molecule has 5 nitrogen and oxygen atoms in total. The number of rotatable bonds is 4. The monoisotopic (exact) mass is 615 g/mol. The second-order valence-electron chi connectivity index (χ2n) is 12.9. The van der Waals surface area contributed by atoms with E-state index in [2.05, 4.69) is 103 Å². The Balaban J connectivity index is 1.26. The van der Waals surface area contributed by atoms with Crippen molar-refractivity contribution >= 4 is 21.8 Å². The lowest BCUT2D eigenvalue weighted by atomic mass is 9.82. The number of fused-ring (bicyclic) bond motifs is 6. The summed E-state index contributed by atoms with van der Waals surface area (Å²) in [5.74, 6) is 1.67. The highest BCUT2D eigenvalue weighted by atomic mass is 15.0. The summed E-state index contributed by atoms with van der Waals surface area (Å²) < 4.78 is 2.36. The first-order valence-corrected chi connectivity index (χ1v) is 16.1. The third-order valence-electron chi connectivity index (χ3n) is 9.66. The van der Waals surface area contributed by atoms with Crippen LogP contribution in [0.5, 0.6) is 0 Å². The number of aromatic nitrogens is 4. The molecule has 0 saturated carbocycles. The number of hydrogen-bond donors (Lipinski definition) is 0. The molecule has 0 unspecified atom stereocenters. The predicted octanol–water partition coefficient (Wildman–Crippen LogP) is 10.1. The molecule has 0 amide bonds. The molecule has 0 saturated heterocycles.